The average molecular weight is 1070 g/mol. The van der Waals surface area contributed by atoms with Crippen molar-refractivity contribution in [3.05, 3.63) is 24.9 Å². The van der Waals surface area contributed by atoms with E-state index in [1.54, 1.807) is 27.7 Å². The molecule has 0 aromatic rings. The van der Waals surface area contributed by atoms with Gasteiger partial charge in [-0.2, -0.15) is 0 Å². The molecule has 0 saturated heterocycles. The zero-order chi connectivity index (χ0) is 55.1. The van der Waals surface area contributed by atoms with E-state index in [1.807, 2.05) is 0 Å². The molecule has 0 aromatic carbocycles. The Labute approximate surface area is 427 Å². The highest BCUT2D eigenvalue weighted by Gasteiger charge is 2.17. The summed E-state index contributed by atoms with van der Waals surface area (Å²) >= 11 is 0. The lowest BCUT2D eigenvalue weighted by Crippen LogP contribution is -2.40. The normalized spacial score (nSPS) is 10.4. The van der Waals surface area contributed by atoms with E-state index in [0.717, 1.165) is 12.6 Å². The second-order valence-corrected chi connectivity index (χ2v) is 13.0. The predicted molar refractivity (Wildman–Crippen MR) is 250 cm³/mol. The molecule has 0 aliphatic carbocycles. The molecule has 8 N–H and O–H groups in total. The third-order valence-electron chi connectivity index (χ3n) is 7.33. The van der Waals surface area contributed by atoms with Crippen molar-refractivity contribution in [1.82, 2.24) is 42.5 Å². The number of unbranched alkanes of at least 4 members (excludes halogenated alkanes) is 2. The fourth-order valence-electron chi connectivity index (χ4n) is 4.10. The van der Waals surface area contributed by atoms with Gasteiger partial charge in [0.25, 0.3) is 0 Å². The monoisotopic (exact) mass is 1070 g/mol. The molecule has 0 aromatic heterocycles. The van der Waals surface area contributed by atoms with Crippen molar-refractivity contribution >= 4 is 61.3 Å². The second-order valence-electron chi connectivity index (χ2n) is 13.0. The molecule has 0 saturated carbocycles. The van der Waals surface area contributed by atoms with Crippen molar-refractivity contribution in [3.8, 4) is 0 Å². The number of nitrogens with one attached hydrogen (secondary N) is 8. The van der Waals surface area contributed by atoms with Gasteiger partial charge in [-0.1, -0.05) is 0 Å². The van der Waals surface area contributed by atoms with Gasteiger partial charge in [0.1, 0.15) is 77.9 Å². The predicted octanol–water partition coefficient (Wildman–Crippen LogP) is 1.43. The maximum Gasteiger partial charge on any atom is 0.411 e. The van der Waals surface area contributed by atoms with Crippen LogP contribution in [0.15, 0.2) is 24.9 Å². The third-order valence-corrected chi connectivity index (χ3v) is 7.33. The van der Waals surface area contributed by atoms with Gasteiger partial charge in [-0.15, -0.1) is 0 Å². The lowest BCUT2D eigenvalue weighted by molar-refractivity contribution is -0.109. The number of carbonyl (C=O) groups excluding carboxylic acids is 10. The Morgan fingerprint density at radius 1 is 0.392 bits per heavy atom. The number of carbonyl (C=O) groups is 10. The largest absolute Gasteiger partial charge is 0.497 e. The molecule has 0 aliphatic heterocycles. The Hall–Kier alpha value is -7.58. The van der Waals surface area contributed by atoms with E-state index in [1.165, 1.54) is 24.9 Å². The van der Waals surface area contributed by atoms with Gasteiger partial charge in [-0.25, -0.2) is 38.4 Å². The van der Waals surface area contributed by atoms with E-state index in [2.05, 4.69) is 61.5 Å². The molecule has 0 atom stereocenters. The number of ether oxygens (including phenoxy) is 14. The third kappa shape index (κ3) is 49.4. The van der Waals surface area contributed by atoms with Crippen molar-refractivity contribution in [2.24, 2.45) is 0 Å². The Morgan fingerprint density at radius 2 is 0.703 bits per heavy atom. The second kappa shape index (κ2) is 51.8. The SMILES string of the molecule is CCOC(=O)NCNC(=O)OCC(COC(=O)NCNC(=O)OCC)OCCCC=O.CCOC(=O)NCOCCO/C=C\NC(=O)OCC(COC(=O)N/C=C\OCCOCNC(=O)OCC)OCCCC=O. The van der Waals surface area contributed by atoms with Crippen LogP contribution in [0.2, 0.25) is 0 Å². The Morgan fingerprint density at radius 3 is 1.03 bits per heavy atom. The molecule has 0 radical (unpaired) electrons. The van der Waals surface area contributed by atoms with Gasteiger partial charge in [0.05, 0.1) is 65.5 Å². The van der Waals surface area contributed by atoms with Crippen LogP contribution >= 0.6 is 0 Å². The first-order valence-electron chi connectivity index (χ1n) is 22.9. The molecule has 424 valence electrons. The highest BCUT2D eigenvalue weighted by Crippen LogP contribution is 2.01. The van der Waals surface area contributed by atoms with E-state index >= 15 is 0 Å². The van der Waals surface area contributed by atoms with Crippen molar-refractivity contribution in [3.63, 3.8) is 0 Å². The summed E-state index contributed by atoms with van der Waals surface area (Å²) in [5, 5.41) is 18.5. The molecule has 0 bridgehead atoms. The first kappa shape index (κ1) is 68.5. The minimum atomic E-state index is -0.846. The summed E-state index contributed by atoms with van der Waals surface area (Å²) in [4.78, 5) is 112. The van der Waals surface area contributed by atoms with Crippen LogP contribution in [0, 0.1) is 0 Å². The van der Waals surface area contributed by atoms with E-state index in [-0.39, 0.29) is 132 Å². The summed E-state index contributed by atoms with van der Waals surface area (Å²) in [6, 6.07) is 0. The van der Waals surface area contributed by atoms with E-state index in [0.29, 0.717) is 12.8 Å². The zero-order valence-electron chi connectivity index (χ0n) is 42.0. The van der Waals surface area contributed by atoms with Gasteiger partial charge in [0.15, 0.2) is 0 Å². The fourth-order valence-corrected chi connectivity index (χ4v) is 4.10. The summed E-state index contributed by atoms with van der Waals surface area (Å²) in [5.74, 6) is 0. The van der Waals surface area contributed by atoms with Crippen LogP contribution in [0.1, 0.15) is 53.4 Å². The summed E-state index contributed by atoms with van der Waals surface area (Å²) in [6.45, 7) is 6.98. The summed E-state index contributed by atoms with van der Waals surface area (Å²) < 4.78 is 70.0. The van der Waals surface area contributed by atoms with Crippen LogP contribution in [-0.4, -0.2) is 193 Å². The molecule has 0 aliphatic rings. The topological polar surface area (TPSA) is 396 Å². The van der Waals surface area contributed by atoms with Crippen molar-refractivity contribution < 1.29 is 114 Å². The number of hydrogen-bond donors (Lipinski definition) is 8. The van der Waals surface area contributed by atoms with Crippen LogP contribution < -0.4 is 42.5 Å². The quantitative estimate of drug-likeness (QED) is 0.0141. The van der Waals surface area contributed by atoms with Crippen molar-refractivity contribution in [2.45, 2.75) is 65.6 Å². The van der Waals surface area contributed by atoms with Crippen LogP contribution in [0.5, 0.6) is 0 Å². The first-order valence-corrected chi connectivity index (χ1v) is 22.9. The van der Waals surface area contributed by atoms with Crippen LogP contribution in [0.3, 0.4) is 0 Å². The molecule has 0 spiro atoms. The molecule has 32 heteroatoms. The number of aldehydes is 2. The minimum absolute atomic E-state index is 0.0403. The molecule has 0 rings (SSSR count). The van der Waals surface area contributed by atoms with Crippen molar-refractivity contribution in [2.75, 3.05) is 119 Å². The Balaban J connectivity index is 0. The van der Waals surface area contributed by atoms with Gasteiger partial charge >= 0.3 is 48.7 Å². The van der Waals surface area contributed by atoms with Crippen LogP contribution in [0.25, 0.3) is 0 Å². The lowest BCUT2D eigenvalue weighted by Gasteiger charge is -2.18. The van der Waals surface area contributed by atoms with E-state index < -0.39 is 61.0 Å². The van der Waals surface area contributed by atoms with Gasteiger partial charge in [-0.05, 0) is 40.5 Å². The fraction of sp³-hybridized carbons (Fsp3) is 0.667. The highest BCUT2D eigenvalue weighted by molar-refractivity contribution is 5.71. The molecule has 74 heavy (non-hydrogen) atoms. The molecule has 32 nitrogen and oxygen atoms in total. The summed E-state index contributed by atoms with van der Waals surface area (Å²) in [5.41, 5.74) is 0. The smallest absolute Gasteiger partial charge is 0.411 e. The summed E-state index contributed by atoms with van der Waals surface area (Å²) in [7, 11) is 0. The maximum absolute atomic E-state index is 11.9. The van der Waals surface area contributed by atoms with Gasteiger partial charge in [0, 0.05) is 38.5 Å². The Bertz CT molecular complexity index is 1510. The number of hydrogen-bond acceptors (Lipinski definition) is 24. The standard InChI is InChI=1S/C25H42N4O14.C17H30N4O10/c1-3-39-24(33)28-19-37-15-13-35-11-7-26-22(31)42-17-21(41-10-6-5-9-30)18-43-23(32)27-8-12-36-14-16-38-20-29-25(34)40-4-2;1-3-27-14(23)18-11-20-16(25)30-9-13(29-8-6-5-7-22)10-31-17(26)21-12-19-15(24)28-4-2/h7-9,11-12,21H,3-6,10,13-20H2,1-2H3,(H,26,31)(H,27,32)(H,28,33)(H,29,34);7,13H,3-6,8-12H2,1-2H3,(H,18,23)(H,19,24)(H,20,25)(H,21,26)/b11-7-,12-8-;. The number of amides is 8. The molecule has 0 fully saturated rings. The first-order chi connectivity index (χ1) is 35.8. The van der Waals surface area contributed by atoms with Crippen molar-refractivity contribution in [1.29, 1.82) is 0 Å². The molecule has 0 unspecified atom stereocenters. The van der Waals surface area contributed by atoms with Gasteiger partial charge < -0.3 is 97.2 Å². The van der Waals surface area contributed by atoms with Crippen LogP contribution in [-0.2, 0) is 75.9 Å². The molecule has 0 heterocycles. The maximum atomic E-state index is 11.9. The van der Waals surface area contributed by atoms with Gasteiger partial charge in [0.2, 0.25) is 0 Å². The average Bonchev–Trinajstić information content (AvgIpc) is 3.37. The van der Waals surface area contributed by atoms with E-state index in [9.17, 15) is 47.9 Å². The molecular formula is C42H72N8O24. The lowest BCUT2D eigenvalue weighted by atomic mass is 10.3. The van der Waals surface area contributed by atoms with Gasteiger partial charge in [-0.3, -0.25) is 21.3 Å². The number of alkyl carbamates (subject to hydrolysis) is 8. The highest BCUT2D eigenvalue weighted by atomic mass is 16.6. The molecular weight excluding hydrogens is 1000 g/mol. The van der Waals surface area contributed by atoms with Crippen LogP contribution in [0.4, 0.5) is 38.4 Å². The Kier molecular flexibility index (Phi) is 47.9. The summed E-state index contributed by atoms with van der Waals surface area (Å²) in [6.07, 6.45) is 0.221. The number of rotatable bonds is 40. The zero-order valence-corrected chi connectivity index (χ0v) is 42.0. The minimum Gasteiger partial charge on any atom is -0.497 e. The van der Waals surface area contributed by atoms with E-state index in [4.69, 9.17) is 47.4 Å². The molecule has 8 amide bonds.